The van der Waals surface area contributed by atoms with E-state index in [0.29, 0.717) is 18.4 Å². The van der Waals surface area contributed by atoms with Gasteiger partial charge in [0.1, 0.15) is 11.9 Å². The van der Waals surface area contributed by atoms with E-state index in [-0.39, 0.29) is 6.10 Å². The zero-order valence-corrected chi connectivity index (χ0v) is 14.2. The van der Waals surface area contributed by atoms with Crippen LogP contribution in [0.4, 0.5) is 0 Å². The normalized spacial score (nSPS) is 23.1. The minimum Gasteiger partial charge on any atom is -0.490 e. The highest BCUT2D eigenvalue weighted by atomic mass is 35.5. The van der Waals surface area contributed by atoms with E-state index in [1.807, 2.05) is 6.07 Å². The van der Waals surface area contributed by atoms with E-state index in [9.17, 15) is 0 Å². The van der Waals surface area contributed by atoms with Crippen molar-refractivity contribution in [2.45, 2.75) is 64.9 Å². The van der Waals surface area contributed by atoms with Gasteiger partial charge in [0.05, 0.1) is 0 Å². The Morgan fingerprint density at radius 3 is 2.62 bits per heavy atom. The van der Waals surface area contributed by atoms with Crippen molar-refractivity contribution in [3.63, 3.8) is 0 Å². The van der Waals surface area contributed by atoms with Crippen molar-refractivity contribution >= 4 is 11.6 Å². The minimum absolute atomic E-state index is 0.248. The van der Waals surface area contributed by atoms with E-state index in [1.54, 1.807) is 0 Å². The Balaban J connectivity index is 2.22. The van der Waals surface area contributed by atoms with Gasteiger partial charge in [0.15, 0.2) is 0 Å². The molecule has 0 heterocycles. The van der Waals surface area contributed by atoms with Crippen LogP contribution in [-0.4, -0.2) is 12.6 Å². The van der Waals surface area contributed by atoms with Gasteiger partial charge in [-0.05, 0) is 61.9 Å². The highest BCUT2D eigenvalue weighted by Gasteiger charge is 2.25. The van der Waals surface area contributed by atoms with Gasteiger partial charge in [-0.1, -0.05) is 38.3 Å². The molecule has 1 aliphatic carbocycles. The first-order valence-corrected chi connectivity index (χ1v) is 8.57. The maximum atomic E-state index is 6.38. The summed E-state index contributed by atoms with van der Waals surface area (Å²) in [4.78, 5) is 0. The van der Waals surface area contributed by atoms with Crippen LogP contribution in [0.5, 0.6) is 5.75 Å². The lowest BCUT2D eigenvalue weighted by atomic mass is 9.97. The fourth-order valence-electron chi connectivity index (χ4n) is 3.18. The molecule has 0 saturated heterocycles. The second-order valence-electron chi connectivity index (χ2n) is 6.58. The molecule has 1 aliphatic rings. The standard InChI is InChI=1S/C18H28ClNO/c1-12(2)15-10-18(13(3)9-16(15)19)21-17-8-6-4-5-7-14(17)11-20/h9-10,12,14,17H,4-8,11,20H2,1-3H3. The van der Waals surface area contributed by atoms with Gasteiger partial charge < -0.3 is 10.5 Å². The topological polar surface area (TPSA) is 35.2 Å². The second kappa shape index (κ2) is 7.51. The first kappa shape index (κ1) is 16.6. The molecule has 3 heteroatoms. The van der Waals surface area contributed by atoms with Crippen LogP contribution >= 0.6 is 11.6 Å². The molecule has 2 atom stereocenters. The maximum Gasteiger partial charge on any atom is 0.123 e. The van der Waals surface area contributed by atoms with Crippen LogP contribution in [0.2, 0.25) is 5.02 Å². The molecule has 0 bridgehead atoms. The molecule has 1 aromatic rings. The maximum absolute atomic E-state index is 6.38. The van der Waals surface area contributed by atoms with Gasteiger partial charge in [0, 0.05) is 10.9 Å². The molecule has 1 fully saturated rings. The van der Waals surface area contributed by atoms with Crippen molar-refractivity contribution in [1.82, 2.24) is 0 Å². The summed E-state index contributed by atoms with van der Waals surface area (Å²) >= 11 is 6.35. The zero-order valence-electron chi connectivity index (χ0n) is 13.5. The first-order valence-electron chi connectivity index (χ1n) is 8.19. The largest absolute Gasteiger partial charge is 0.490 e. The fraction of sp³-hybridized carbons (Fsp3) is 0.667. The lowest BCUT2D eigenvalue weighted by Gasteiger charge is -2.26. The Morgan fingerprint density at radius 1 is 1.24 bits per heavy atom. The monoisotopic (exact) mass is 309 g/mol. The van der Waals surface area contributed by atoms with Crippen LogP contribution in [0.15, 0.2) is 12.1 Å². The summed E-state index contributed by atoms with van der Waals surface area (Å²) in [6, 6.07) is 4.15. The van der Waals surface area contributed by atoms with Crippen LogP contribution in [-0.2, 0) is 0 Å². The summed E-state index contributed by atoms with van der Waals surface area (Å²) in [6.45, 7) is 7.11. The summed E-state index contributed by atoms with van der Waals surface area (Å²) in [5, 5.41) is 0.839. The van der Waals surface area contributed by atoms with E-state index >= 15 is 0 Å². The molecular formula is C18H28ClNO. The number of ether oxygens (including phenoxy) is 1. The van der Waals surface area contributed by atoms with Crippen molar-refractivity contribution in [3.8, 4) is 5.75 Å². The first-order chi connectivity index (χ1) is 10.0. The third-order valence-electron chi connectivity index (χ3n) is 4.59. The summed E-state index contributed by atoms with van der Waals surface area (Å²) in [5.74, 6) is 1.86. The van der Waals surface area contributed by atoms with Gasteiger partial charge in [-0.15, -0.1) is 0 Å². The molecule has 0 spiro atoms. The predicted octanol–water partition coefficient (Wildman–Crippen LogP) is 5.06. The van der Waals surface area contributed by atoms with Crippen LogP contribution < -0.4 is 10.5 Å². The van der Waals surface area contributed by atoms with E-state index in [4.69, 9.17) is 22.1 Å². The van der Waals surface area contributed by atoms with Crippen LogP contribution in [0.25, 0.3) is 0 Å². The van der Waals surface area contributed by atoms with E-state index in [2.05, 4.69) is 26.8 Å². The Hall–Kier alpha value is -0.730. The average molecular weight is 310 g/mol. The highest BCUT2D eigenvalue weighted by Crippen LogP contribution is 2.34. The molecule has 0 radical (unpaired) electrons. The number of hydrogen-bond acceptors (Lipinski definition) is 2. The van der Waals surface area contributed by atoms with Gasteiger partial charge >= 0.3 is 0 Å². The number of nitrogens with two attached hydrogens (primary N) is 1. The SMILES string of the molecule is Cc1cc(Cl)c(C(C)C)cc1OC1CCCCCC1CN. The second-order valence-corrected chi connectivity index (χ2v) is 6.99. The van der Waals surface area contributed by atoms with E-state index < -0.39 is 0 Å². The van der Waals surface area contributed by atoms with Gasteiger partial charge in [-0.2, -0.15) is 0 Å². The Kier molecular flexibility index (Phi) is 5.95. The van der Waals surface area contributed by atoms with E-state index in [0.717, 1.165) is 28.3 Å². The third-order valence-corrected chi connectivity index (χ3v) is 4.91. The summed E-state index contributed by atoms with van der Waals surface area (Å²) in [5.41, 5.74) is 8.23. The fourth-order valence-corrected chi connectivity index (χ4v) is 3.61. The lowest BCUT2D eigenvalue weighted by Crippen LogP contribution is -2.32. The molecule has 0 aromatic heterocycles. The molecule has 0 aliphatic heterocycles. The zero-order chi connectivity index (χ0) is 15.4. The van der Waals surface area contributed by atoms with Gasteiger partial charge in [0.2, 0.25) is 0 Å². The van der Waals surface area contributed by atoms with Gasteiger partial charge in [-0.25, -0.2) is 0 Å². The molecule has 2 unspecified atom stereocenters. The van der Waals surface area contributed by atoms with Crippen molar-refractivity contribution < 1.29 is 4.74 Å². The van der Waals surface area contributed by atoms with Crippen molar-refractivity contribution in [3.05, 3.63) is 28.3 Å². The Bertz CT molecular complexity index is 473. The van der Waals surface area contributed by atoms with Crippen molar-refractivity contribution in [2.24, 2.45) is 11.7 Å². The number of benzene rings is 1. The summed E-state index contributed by atoms with van der Waals surface area (Å²) in [6.07, 6.45) is 6.36. The van der Waals surface area contributed by atoms with E-state index in [1.165, 1.54) is 25.7 Å². The summed E-state index contributed by atoms with van der Waals surface area (Å²) in [7, 11) is 0. The number of aryl methyl sites for hydroxylation is 1. The molecule has 2 rings (SSSR count). The third kappa shape index (κ3) is 4.14. The minimum atomic E-state index is 0.248. The average Bonchev–Trinajstić information content (AvgIpc) is 2.66. The highest BCUT2D eigenvalue weighted by molar-refractivity contribution is 6.31. The molecule has 1 aromatic carbocycles. The summed E-state index contributed by atoms with van der Waals surface area (Å²) < 4.78 is 6.38. The predicted molar refractivity (Wildman–Crippen MR) is 90.3 cm³/mol. The van der Waals surface area contributed by atoms with Crippen molar-refractivity contribution in [1.29, 1.82) is 0 Å². The van der Waals surface area contributed by atoms with Gasteiger partial charge in [0.25, 0.3) is 0 Å². The van der Waals surface area contributed by atoms with Gasteiger partial charge in [-0.3, -0.25) is 0 Å². The number of rotatable bonds is 4. The molecule has 2 nitrogen and oxygen atoms in total. The molecule has 1 saturated carbocycles. The molecular weight excluding hydrogens is 282 g/mol. The molecule has 0 amide bonds. The smallest absolute Gasteiger partial charge is 0.123 e. The van der Waals surface area contributed by atoms with Crippen molar-refractivity contribution in [2.75, 3.05) is 6.54 Å². The number of hydrogen-bond donors (Lipinski definition) is 1. The Labute approximate surface area is 134 Å². The Morgan fingerprint density at radius 2 is 1.95 bits per heavy atom. The molecule has 21 heavy (non-hydrogen) atoms. The quantitative estimate of drug-likeness (QED) is 0.789. The van der Waals surface area contributed by atoms with Crippen LogP contribution in [0, 0.1) is 12.8 Å². The molecule has 118 valence electrons. The molecule has 2 N–H and O–H groups in total. The number of halogens is 1. The van der Waals surface area contributed by atoms with Crippen LogP contribution in [0.3, 0.4) is 0 Å². The lowest BCUT2D eigenvalue weighted by molar-refractivity contribution is 0.128. The van der Waals surface area contributed by atoms with Crippen LogP contribution in [0.1, 0.15) is 63.0 Å².